The molecule has 92 valence electrons. The van der Waals surface area contributed by atoms with Crippen molar-refractivity contribution in [3.63, 3.8) is 0 Å². The van der Waals surface area contributed by atoms with Gasteiger partial charge < -0.3 is 9.84 Å². The van der Waals surface area contributed by atoms with Crippen LogP contribution in [0.25, 0.3) is 0 Å². The van der Waals surface area contributed by atoms with Crippen LogP contribution in [-0.4, -0.2) is 35.7 Å². The number of nitrogens with zero attached hydrogens (tertiary/aromatic N) is 2. The van der Waals surface area contributed by atoms with E-state index in [-0.39, 0.29) is 12.4 Å². The highest BCUT2D eigenvalue weighted by molar-refractivity contribution is 5.85. The third-order valence-electron chi connectivity index (χ3n) is 2.95. The molecule has 0 amide bonds. The fraction of sp³-hybridized carbons (Fsp3) is 0.727. The van der Waals surface area contributed by atoms with Crippen molar-refractivity contribution >= 4 is 12.4 Å². The molecule has 0 aliphatic carbocycles. The standard InChI is InChI=1S/C11H19N3O.ClH/c1-2-3-11-8-12-5-6-14(11)9-10-4-7-15-13-10;/h4,7,11-12H,2-3,5-6,8-9H2,1H3;1H. The van der Waals surface area contributed by atoms with Gasteiger partial charge in [0.25, 0.3) is 0 Å². The van der Waals surface area contributed by atoms with Crippen molar-refractivity contribution in [3.8, 4) is 0 Å². The highest BCUT2D eigenvalue weighted by Gasteiger charge is 2.21. The van der Waals surface area contributed by atoms with Crippen LogP contribution >= 0.6 is 12.4 Å². The number of nitrogens with one attached hydrogen (secondary N) is 1. The molecule has 1 N–H and O–H groups in total. The molecule has 1 atom stereocenters. The molecule has 0 saturated carbocycles. The minimum Gasteiger partial charge on any atom is -0.364 e. The van der Waals surface area contributed by atoms with E-state index in [4.69, 9.17) is 4.52 Å². The van der Waals surface area contributed by atoms with Gasteiger partial charge in [0.2, 0.25) is 0 Å². The molecule has 0 radical (unpaired) electrons. The minimum atomic E-state index is 0. The number of hydrogen-bond acceptors (Lipinski definition) is 4. The maximum atomic E-state index is 4.86. The Balaban J connectivity index is 0.00000128. The summed E-state index contributed by atoms with van der Waals surface area (Å²) in [6, 6.07) is 2.60. The summed E-state index contributed by atoms with van der Waals surface area (Å²) in [6.07, 6.45) is 4.14. The Morgan fingerprint density at radius 2 is 2.50 bits per heavy atom. The Morgan fingerprint density at radius 1 is 1.62 bits per heavy atom. The molecule has 1 fully saturated rings. The zero-order chi connectivity index (χ0) is 10.5. The van der Waals surface area contributed by atoms with Crippen LogP contribution in [0.2, 0.25) is 0 Å². The fourth-order valence-corrected chi connectivity index (χ4v) is 2.16. The van der Waals surface area contributed by atoms with Crippen molar-refractivity contribution in [2.45, 2.75) is 32.4 Å². The van der Waals surface area contributed by atoms with Crippen molar-refractivity contribution in [1.82, 2.24) is 15.4 Å². The molecule has 1 aliphatic heterocycles. The van der Waals surface area contributed by atoms with E-state index in [9.17, 15) is 0 Å². The van der Waals surface area contributed by atoms with Gasteiger partial charge in [-0.3, -0.25) is 4.90 Å². The van der Waals surface area contributed by atoms with Crippen LogP contribution in [0.4, 0.5) is 0 Å². The largest absolute Gasteiger partial charge is 0.364 e. The maximum absolute atomic E-state index is 4.86. The zero-order valence-corrected chi connectivity index (χ0v) is 10.5. The number of piperazine rings is 1. The molecule has 5 heteroatoms. The molecule has 1 aliphatic rings. The third kappa shape index (κ3) is 3.47. The maximum Gasteiger partial charge on any atom is 0.124 e. The molecule has 2 rings (SSSR count). The van der Waals surface area contributed by atoms with Gasteiger partial charge in [-0.25, -0.2) is 0 Å². The van der Waals surface area contributed by atoms with Crippen LogP contribution in [0.1, 0.15) is 25.5 Å². The predicted molar refractivity (Wildman–Crippen MR) is 65.7 cm³/mol. The normalized spacial score (nSPS) is 21.7. The van der Waals surface area contributed by atoms with Gasteiger partial charge in [0.1, 0.15) is 6.26 Å². The summed E-state index contributed by atoms with van der Waals surface area (Å²) in [5.41, 5.74) is 1.04. The smallest absolute Gasteiger partial charge is 0.124 e. The van der Waals surface area contributed by atoms with Crippen molar-refractivity contribution in [2.24, 2.45) is 0 Å². The topological polar surface area (TPSA) is 41.3 Å². The Kier molecular flexibility index (Phi) is 5.80. The van der Waals surface area contributed by atoms with Crippen molar-refractivity contribution < 1.29 is 4.52 Å². The third-order valence-corrected chi connectivity index (χ3v) is 2.95. The summed E-state index contributed by atoms with van der Waals surface area (Å²) in [6.45, 7) is 6.45. The molecule has 4 nitrogen and oxygen atoms in total. The van der Waals surface area contributed by atoms with E-state index in [1.807, 2.05) is 6.07 Å². The first-order valence-corrected chi connectivity index (χ1v) is 5.74. The molecule has 1 aromatic heterocycles. The van der Waals surface area contributed by atoms with Gasteiger partial charge >= 0.3 is 0 Å². The van der Waals surface area contributed by atoms with Gasteiger partial charge in [0.15, 0.2) is 0 Å². The first-order valence-electron chi connectivity index (χ1n) is 5.74. The van der Waals surface area contributed by atoms with Gasteiger partial charge in [-0.15, -0.1) is 12.4 Å². The SMILES string of the molecule is CCCC1CNCCN1Cc1ccon1.Cl. The van der Waals surface area contributed by atoms with E-state index in [2.05, 4.69) is 22.3 Å². The summed E-state index contributed by atoms with van der Waals surface area (Å²) < 4.78 is 4.86. The molecule has 0 aromatic carbocycles. The average molecular weight is 246 g/mol. The second kappa shape index (κ2) is 6.89. The second-order valence-corrected chi connectivity index (χ2v) is 4.11. The Hall–Kier alpha value is -0.580. The molecule has 1 unspecified atom stereocenters. The number of rotatable bonds is 4. The first-order chi connectivity index (χ1) is 7.40. The lowest BCUT2D eigenvalue weighted by Gasteiger charge is -2.35. The fourth-order valence-electron chi connectivity index (χ4n) is 2.16. The van der Waals surface area contributed by atoms with Crippen molar-refractivity contribution in [3.05, 3.63) is 18.0 Å². The van der Waals surface area contributed by atoms with Gasteiger partial charge in [-0.2, -0.15) is 0 Å². The number of hydrogen-bond donors (Lipinski definition) is 1. The van der Waals surface area contributed by atoms with Crippen LogP contribution in [0, 0.1) is 0 Å². The van der Waals surface area contributed by atoms with Gasteiger partial charge in [-0.1, -0.05) is 18.5 Å². The highest BCUT2D eigenvalue weighted by atomic mass is 35.5. The lowest BCUT2D eigenvalue weighted by molar-refractivity contribution is 0.141. The lowest BCUT2D eigenvalue weighted by atomic mass is 10.1. The summed E-state index contributed by atoms with van der Waals surface area (Å²) in [4.78, 5) is 2.50. The highest BCUT2D eigenvalue weighted by Crippen LogP contribution is 2.12. The average Bonchev–Trinajstić information content (AvgIpc) is 2.74. The van der Waals surface area contributed by atoms with Crippen LogP contribution in [0.3, 0.4) is 0 Å². The zero-order valence-electron chi connectivity index (χ0n) is 9.69. The molecular formula is C11H20ClN3O. The van der Waals surface area contributed by atoms with E-state index >= 15 is 0 Å². The molecular weight excluding hydrogens is 226 g/mol. The minimum absolute atomic E-state index is 0. The van der Waals surface area contributed by atoms with E-state index < -0.39 is 0 Å². The van der Waals surface area contributed by atoms with Crippen LogP contribution < -0.4 is 5.32 Å². The summed E-state index contributed by atoms with van der Waals surface area (Å²) in [5, 5.41) is 7.41. The predicted octanol–water partition coefficient (Wildman–Crippen LogP) is 1.67. The van der Waals surface area contributed by atoms with E-state index in [0.29, 0.717) is 6.04 Å². The number of halogens is 1. The van der Waals surface area contributed by atoms with Crippen LogP contribution in [0.15, 0.2) is 16.9 Å². The number of aromatic nitrogens is 1. The van der Waals surface area contributed by atoms with Crippen LogP contribution in [-0.2, 0) is 6.54 Å². The second-order valence-electron chi connectivity index (χ2n) is 4.11. The van der Waals surface area contributed by atoms with E-state index in [0.717, 1.165) is 31.9 Å². The summed E-state index contributed by atoms with van der Waals surface area (Å²) >= 11 is 0. The lowest BCUT2D eigenvalue weighted by Crippen LogP contribution is -2.50. The van der Waals surface area contributed by atoms with E-state index in [1.165, 1.54) is 12.8 Å². The monoisotopic (exact) mass is 245 g/mol. The molecule has 0 bridgehead atoms. The molecule has 1 aromatic rings. The first kappa shape index (κ1) is 13.5. The van der Waals surface area contributed by atoms with Gasteiger partial charge in [0, 0.05) is 38.3 Å². The van der Waals surface area contributed by atoms with Gasteiger partial charge in [0.05, 0.1) is 5.69 Å². The molecule has 2 heterocycles. The molecule has 0 spiro atoms. The van der Waals surface area contributed by atoms with Crippen molar-refractivity contribution in [1.29, 1.82) is 0 Å². The summed E-state index contributed by atoms with van der Waals surface area (Å²) in [7, 11) is 0. The quantitative estimate of drug-likeness (QED) is 0.876. The Labute approximate surface area is 103 Å². The Morgan fingerprint density at radius 3 is 3.19 bits per heavy atom. The van der Waals surface area contributed by atoms with E-state index in [1.54, 1.807) is 6.26 Å². The van der Waals surface area contributed by atoms with Gasteiger partial charge in [-0.05, 0) is 6.42 Å². The van der Waals surface area contributed by atoms with Crippen molar-refractivity contribution in [2.75, 3.05) is 19.6 Å². The van der Waals surface area contributed by atoms with Crippen LogP contribution in [0.5, 0.6) is 0 Å². The molecule has 16 heavy (non-hydrogen) atoms. The summed E-state index contributed by atoms with van der Waals surface area (Å²) in [5.74, 6) is 0. The molecule has 1 saturated heterocycles. The Bertz CT molecular complexity index is 277.